The fraction of sp³-hybridized carbons (Fsp3) is 0.480. The molecule has 1 aliphatic heterocycles. The summed E-state index contributed by atoms with van der Waals surface area (Å²) in [5.41, 5.74) is 8.86. The Hall–Kier alpha value is -3.53. The summed E-state index contributed by atoms with van der Waals surface area (Å²) in [4.78, 5) is 18.8. The van der Waals surface area contributed by atoms with E-state index < -0.39 is 11.7 Å². The average Bonchev–Trinajstić information content (AvgIpc) is 3.19. The van der Waals surface area contributed by atoms with Gasteiger partial charge in [0, 0.05) is 24.2 Å². The predicted octanol–water partition coefficient (Wildman–Crippen LogP) is 3.91. The van der Waals surface area contributed by atoms with Gasteiger partial charge in [-0.1, -0.05) is 6.07 Å². The quantitative estimate of drug-likeness (QED) is 0.502. The van der Waals surface area contributed by atoms with Crippen molar-refractivity contribution >= 4 is 28.9 Å². The zero-order chi connectivity index (χ0) is 25.4. The van der Waals surface area contributed by atoms with Crippen molar-refractivity contribution in [3.05, 3.63) is 30.6 Å². The average molecular weight is 482 g/mol. The number of rotatable bonds is 5. The van der Waals surface area contributed by atoms with E-state index in [-0.39, 0.29) is 5.54 Å². The number of ether oxygens (including phenoxy) is 2. The summed E-state index contributed by atoms with van der Waals surface area (Å²) >= 11 is 0. The van der Waals surface area contributed by atoms with Crippen LogP contribution in [-0.4, -0.2) is 59.1 Å². The molecule has 0 radical (unpaired) electrons. The van der Waals surface area contributed by atoms with Crippen LogP contribution in [0.3, 0.4) is 0 Å². The minimum atomic E-state index is -0.601. The lowest BCUT2D eigenvalue weighted by atomic mass is 9.90. The highest BCUT2D eigenvalue weighted by Gasteiger charge is 2.30. The molecule has 1 fully saturated rings. The van der Waals surface area contributed by atoms with E-state index in [4.69, 9.17) is 15.2 Å². The van der Waals surface area contributed by atoms with Crippen molar-refractivity contribution in [3.8, 4) is 16.9 Å². The van der Waals surface area contributed by atoms with E-state index in [1.807, 2.05) is 44.5 Å². The molecule has 3 aromatic rings. The van der Waals surface area contributed by atoms with Gasteiger partial charge in [-0.3, -0.25) is 5.32 Å². The van der Waals surface area contributed by atoms with Gasteiger partial charge in [-0.05, 0) is 71.3 Å². The largest absolute Gasteiger partial charge is 0.495 e. The summed E-state index contributed by atoms with van der Waals surface area (Å²) in [5, 5.41) is 10.7. The number of anilines is 3. The van der Waals surface area contributed by atoms with Crippen LogP contribution >= 0.6 is 0 Å². The smallest absolute Gasteiger partial charge is 0.412 e. The number of carbonyl (C=O) groups is 1. The molecule has 1 aliphatic rings. The molecule has 0 saturated carbocycles. The van der Waals surface area contributed by atoms with Gasteiger partial charge in [0.1, 0.15) is 29.0 Å². The maximum absolute atomic E-state index is 12.3. The molecular formula is C25H35N7O3. The van der Waals surface area contributed by atoms with Crippen LogP contribution in [0.15, 0.2) is 30.6 Å². The first-order chi connectivity index (χ1) is 16.5. The molecule has 10 heteroatoms. The maximum atomic E-state index is 12.3. The molecule has 0 unspecified atom stereocenters. The van der Waals surface area contributed by atoms with Crippen LogP contribution in [0.2, 0.25) is 0 Å². The van der Waals surface area contributed by atoms with Gasteiger partial charge in [0.2, 0.25) is 0 Å². The van der Waals surface area contributed by atoms with Crippen LogP contribution in [-0.2, 0) is 4.74 Å². The second-order valence-corrected chi connectivity index (χ2v) is 10.2. The molecule has 1 amide bonds. The minimum Gasteiger partial charge on any atom is -0.495 e. The van der Waals surface area contributed by atoms with Crippen LogP contribution < -0.4 is 26.0 Å². The summed E-state index contributed by atoms with van der Waals surface area (Å²) < 4.78 is 12.8. The molecule has 1 aromatic carbocycles. The van der Waals surface area contributed by atoms with Crippen LogP contribution in [0, 0.1) is 0 Å². The number of carbonyl (C=O) groups excluding carboxylic acids is 1. The first-order valence-corrected chi connectivity index (χ1v) is 11.8. The van der Waals surface area contributed by atoms with Crippen molar-refractivity contribution in [2.45, 2.75) is 51.7 Å². The van der Waals surface area contributed by atoms with Gasteiger partial charge in [-0.15, -0.1) is 0 Å². The van der Waals surface area contributed by atoms with E-state index in [1.165, 1.54) is 6.33 Å². The second-order valence-electron chi connectivity index (χ2n) is 10.2. The van der Waals surface area contributed by atoms with Crippen LogP contribution in [0.4, 0.5) is 22.1 Å². The highest BCUT2D eigenvalue weighted by molar-refractivity contribution is 5.93. The van der Waals surface area contributed by atoms with E-state index in [0.717, 1.165) is 48.4 Å². The molecule has 0 spiro atoms. The van der Waals surface area contributed by atoms with Crippen molar-refractivity contribution in [2.24, 2.45) is 0 Å². The molecule has 35 heavy (non-hydrogen) atoms. The van der Waals surface area contributed by atoms with E-state index in [0.29, 0.717) is 17.3 Å². The fourth-order valence-electron chi connectivity index (χ4n) is 4.35. The van der Waals surface area contributed by atoms with Crippen molar-refractivity contribution in [2.75, 3.05) is 43.2 Å². The Morgan fingerprint density at radius 3 is 2.54 bits per heavy atom. The molecule has 0 atom stereocenters. The molecule has 0 aliphatic carbocycles. The number of aromatic nitrogens is 3. The molecule has 10 nitrogen and oxygen atoms in total. The SMILES string of the molecule is CNC1(C)CCN(c2cc(-c3ccc(NC(=O)OC(C)(C)C)c(OC)c3)c3c(N)ncnn23)CC1. The molecule has 0 bridgehead atoms. The molecule has 4 N–H and O–H groups in total. The number of amides is 1. The van der Waals surface area contributed by atoms with Gasteiger partial charge in [-0.25, -0.2) is 14.3 Å². The summed E-state index contributed by atoms with van der Waals surface area (Å²) in [7, 11) is 3.58. The predicted molar refractivity (Wildman–Crippen MR) is 138 cm³/mol. The van der Waals surface area contributed by atoms with E-state index >= 15 is 0 Å². The number of methoxy groups -OCH3 is 1. The second kappa shape index (κ2) is 9.26. The topological polar surface area (TPSA) is 119 Å². The summed E-state index contributed by atoms with van der Waals surface area (Å²) in [6, 6.07) is 7.67. The van der Waals surface area contributed by atoms with Crippen LogP contribution in [0.1, 0.15) is 40.5 Å². The highest BCUT2D eigenvalue weighted by atomic mass is 16.6. The van der Waals surface area contributed by atoms with Gasteiger partial charge in [0.25, 0.3) is 0 Å². The zero-order valence-electron chi connectivity index (χ0n) is 21.3. The lowest BCUT2D eigenvalue weighted by Crippen LogP contribution is -2.50. The lowest BCUT2D eigenvalue weighted by Gasteiger charge is -2.39. The van der Waals surface area contributed by atoms with Crippen molar-refractivity contribution in [1.29, 1.82) is 0 Å². The third-order valence-electron chi connectivity index (χ3n) is 6.51. The number of nitrogens with one attached hydrogen (secondary N) is 2. The van der Waals surface area contributed by atoms with Crippen LogP contribution in [0.5, 0.6) is 5.75 Å². The zero-order valence-corrected chi connectivity index (χ0v) is 21.3. The Balaban J connectivity index is 1.70. The van der Waals surface area contributed by atoms with Gasteiger partial charge in [-0.2, -0.15) is 5.10 Å². The third kappa shape index (κ3) is 5.12. The Kier molecular flexibility index (Phi) is 6.50. The van der Waals surface area contributed by atoms with Crippen molar-refractivity contribution in [1.82, 2.24) is 19.9 Å². The number of hydrogen-bond donors (Lipinski definition) is 3. The number of benzene rings is 1. The standard InChI is InChI=1S/C25H35N7O3/c1-24(2,3)35-23(33)30-18-8-7-16(13-19(18)34-6)17-14-20(32-21(17)22(26)28-15-29-32)31-11-9-25(4,27-5)10-12-31/h7-8,13-15,27H,9-12H2,1-6H3,(H,30,33)(H2,26,28,29). The molecule has 4 rings (SSSR count). The lowest BCUT2D eigenvalue weighted by molar-refractivity contribution is 0.0635. The molecule has 1 saturated heterocycles. The number of fused-ring (bicyclic) bond motifs is 1. The first kappa shape index (κ1) is 24.6. The van der Waals surface area contributed by atoms with Crippen molar-refractivity contribution in [3.63, 3.8) is 0 Å². The monoisotopic (exact) mass is 481 g/mol. The van der Waals surface area contributed by atoms with Gasteiger partial charge >= 0.3 is 6.09 Å². The number of nitrogen functional groups attached to an aromatic ring is 1. The van der Waals surface area contributed by atoms with E-state index in [9.17, 15) is 4.79 Å². The first-order valence-electron chi connectivity index (χ1n) is 11.8. The molecular weight excluding hydrogens is 446 g/mol. The number of nitrogens with zero attached hydrogens (tertiary/aromatic N) is 4. The molecule has 3 heterocycles. The van der Waals surface area contributed by atoms with E-state index in [1.54, 1.807) is 13.2 Å². The van der Waals surface area contributed by atoms with Gasteiger partial charge < -0.3 is 25.4 Å². The molecule has 2 aromatic heterocycles. The number of nitrogens with two attached hydrogens (primary N) is 1. The number of piperidine rings is 1. The minimum absolute atomic E-state index is 0.130. The maximum Gasteiger partial charge on any atom is 0.412 e. The van der Waals surface area contributed by atoms with Crippen LogP contribution in [0.25, 0.3) is 16.6 Å². The Morgan fingerprint density at radius 2 is 1.91 bits per heavy atom. The van der Waals surface area contributed by atoms with Gasteiger partial charge in [0.05, 0.1) is 12.8 Å². The highest BCUT2D eigenvalue weighted by Crippen LogP contribution is 2.38. The Bertz CT molecular complexity index is 1220. The molecule has 188 valence electrons. The third-order valence-corrected chi connectivity index (χ3v) is 6.51. The fourth-order valence-corrected chi connectivity index (χ4v) is 4.35. The Morgan fingerprint density at radius 1 is 1.20 bits per heavy atom. The van der Waals surface area contributed by atoms with E-state index in [2.05, 4.69) is 38.6 Å². The van der Waals surface area contributed by atoms with Crippen molar-refractivity contribution < 1.29 is 14.3 Å². The summed E-state index contributed by atoms with van der Waals surface area (Å²) in [6.07, 6.45) is 2.97. The normalized spacial score (nSPS) is 15.8. The number of hydrogen-bond acceptors (Lipinski definition) is 8. The Labute approximate surface area is 205 Å². The summed E-state index contributed by atoms with van der Waals surface area (Å²) in [5.74, 6) is 1.87. The van der Waals surface area contributed by atoms with Gasteiger partial charge in [0.15, 0.2) is 5.82 Å². The summed E-state index contributed by atoms with van der Waals surface area (Å²) in [6.45, 7) is 9.50.